The van der Waals surface area contributed by atoms with Crippen molar-refractivity contribution in [2.45, 2.75) is 53.4 Å². The molecule has 0 aliphatic carbocycles. The maximum absolute atomic E-state index is 11.6. The standard InChI is InChI=1S/C35H38N4O4/c1-8-23-20(5)28-15-27(36)19(4)25(10-12-34(40)41)18(3)14-31-26(11-13-35(42)43)22(7)30(38-31)17-33-24(9-2)21(6)29(39-33)16-32(23)37-28/h8-9,14-17,37-38H,1-3,10-13,36H2,4-7H3,(H,40,41)(H,42,43)/b25-19-,27-15-,29-16-,30-17-,31-14-. The molecule has 4 rings (SSSR count). The van der Waals surface area contributed by atoms with Crippen molar-refractivity contribution in [2.24, 2.45) is 10.7 Å². The van der Waals surface area contributed by atoms with Gasteiger partial charge in [-0.1, -0.05) is 31.9 Å². The molecule has 0 radical (unpaired) electrons. The highest BCUT2D eigenvalue weighted by molar-refractivity contribution is 6.25. The van der Waals surface area contributed by atoms with E-state index in [4.69, 9.17) is 10.7 Å². The van der Waals surface area contributed by atoms with Crippen LogP contribution in [-0.4, -0.2) is 37.8 Å². The normalized spacial score (nSPS) is 20.9. The van der Waals surface area contributed by atoms with Crippen molar-refractivity contribution in [3.63, 3.8) is 0 Å². The Hall–Kier alpha value is -5.11. The molecular formula is C35H38N4O4. The minimum absolute atomic E-state index is 0.0468. The van der Waals surface area contributed by atoms with Gasteiger partial charge < -0.3 is 25.9 Å². The quantitative estimate of drug-likeness (QED) is 0.291. The number of carboxylic acids is 2. The van der Waals surface area contributed by atoms with Gasteiger partial charge in [-0.15, -0.1) is 0 Å². The van der Waals surface area contributed by atoms with Crippen LogP contribution in [0.1, 0.15) is 66.8 Å². The van der Waals surface area contributed by atoms with Crippen LogP contribution in [-0.2, 0) is 16.0 Å². The third kappa shape index (κ3) is 6.23. The van der Waals surface area contributed by atoms with Gasteiger partial charge in [-0.25, -0.2) is 4.99 Å². The topological polar surface area (TPSA) is 145 Å². The Morgan fingerprint density at radius 1 is 0.860 bits per heavy atom. The zero-order valence-corrected chi connectivity index (χ0v) is 25.1. The maximum Gasteiger partial charge on any atom is 0.303 e. The summed E-state index contributed by atoms with van der Waals surface area (Å²) in [5.41, 5.74) is 17.7. The molecule has 2 aromatic heterocycles. The average Bonchev–Trinajstić information content (AvgIpc) is 3.51. The van der Waals surface area contributed by atoms with Gasteiger partial charge in [-0.05, 0) is 104 Å². The van der Waals surface area contributed by atoms with Gasteiger partial charge in [0.2, 0.25) is 0 Å². The fourth-order valence-corrected chi connectivity index (χ4v) is 5.58. The second kappa shape index (κ2) is 12.4. The number of aromatic nitrogens is 2. The van der Waals surface area contributed by atoms with Crippen LogP contribution in [0.5, 0.6) is 0 Å². The number of H-pyrrole nitrogens is 2. The van der Waals surface area contributed by atoms with Crippen molar-refractivity contribution in [2.75, 3.05) is 0 Å². The monoisotopic (exact) mass is 578 g/mol. The smallest absolute Gasteiger partial charge is 0.303 e. The van der Waals surface area contributed by atoms with Crippen LogP contribution >= 0.6 is 0 Å². The molecule has 0 saturated carbocycles. The van der Waals surface area contributed by atoms with Crippen LogP contribution in [0.25, 0.3) is 30.4 Å². The van der Waals surface area contributed by atoms with E-state index in [1.54, 1.807) is 12.2 Å². The second-order valence-corrected chi connectivity index (χ2v) is 10.8. The van der Waals surface area contributed by atoms with E-state index in [0.29, 0.717) is 34.2 Å². The molecule has 8 nitrogen and oxygen atoms in total. The molecule has 6 N–H and O–H groups in total. The van der Waals surface area contributed by atoms with E-state index in [-0.39, 0.29) is 19.3 Å². The fourth-order valence-electron chi connectivity index (χ4n) is 5.58. The summed E-state index contributed by atoms with van der Waals surface area (Å²) < 4.78 is 0. The number of aliphatic carboxylic acids is 2. The summed E-state index contributed by atoms with van der Waals surface area (Å²) in [6.07, 6.45) is 11.6. The minimum Gasteiger partial charge on any atom is -0.481 e. The molecule has 8 heteroatoms. The Bertz CT molecular complexity index is 1870. The number of carbonyl (C=O) groups is 2. The molecule has 2 aliphatic heterocycles. The van der Waals surface area contributed by atoms with Gasteiger partial charge in [-0.3, -0.25) is 9.59 Å². The zero-order valence-electron chi connectivity index (χ0n) is 25.1. The number of hydrogen-bond acceptors (Lipinski definition) is 4. The first kappa shape index (κ1) is 30.8. The Kier molecular flexibility index (Phi) is 8.90. The van der Waals surface area contributed by atoms with Crippen molar-refractivity contribution in [3.05, 3.63) is 109 Å². The summed E-state index contributed by atoms with van der Waals surface area (Å²) in [6, 6.07) is 0. The molecule has 2 aromatic rings. The van der Waals surface area contributed by atoms with E-state index < -0.39 is 11.9 Å². The number of rotatable bonds is 8. The molecule has 43 heavy (non-hydrogen) atoms. The van der Waals surface area contributed by atoms with Gasteiger partial charge in [-0.2, -0.15) is 0 Å². The van der Waals surface area contributed by atoms with E-state index in [0.717, 1.165) is 61.5 Å². The number of fused-ring (bicyclic) bond motifs is 5. The number of nitrogens with two attached hydrogens (primary N) is 1. The SMILES string of the molecule is C=CC1=C(C)/C2=C/c3[nH]c(c(C)c3C=C)/C=C(N)/C(C)=C(/CCC(=O)O)C(=C)/C=c3\[nH]/c(c(C)c3CCC(=O)O)=C\C1=N2. The summed E-state index contributed by atoms with van der Waals surface area (Å²) in [4.78, 5) is 35.0. The van der Waals surface area contributed by atoms with Crippen molar-refractivity contribution in [3.8, 4) is 0 Å². The number of nitrogens with zero attached hydrogens (tertiary/aromatic N) is 1. The van der Waals surface area contributed by atoms with Crippen molar-refractivity contribution in [1.82, 2.24) is 9.97 Å². The number of aliphatic imine (C=N–C) groups is 1. The number of aromatic amines is 2. The van der Waals surface area contributed by atoms with Crippen molar-refractivity contribution >= 4 is 48.0 Å². The van der Waals surface area contributed by atoms with E-state index in [1.165, 1.54) is 0 Å². The molecular weight excluding hydrogens is 540 g/mol. The first-order valence-corrected chi connectivity index (χ1v) is 14.1. The van der Waals surface area contributed by atoms with Gasteiger partial charge in [0.15, 0.2) is 0 Å². The Balaban J connectivity index is 2.10. The van der Waals surface area contributed by atoms with Crippen LogP contribution in [0.3, 0.4) is 0 Å². The highest BCUT2D eigenvalue weighted by Gasteiger charge is 2.20. The molecule has 4 heterocycles. The first-order valence-electron chi connectivity index (χ1n) is 14.1. The molecule has 222 valence electrons. The van der Waals surface area contributed by atoms with Crippen LogP contribution in [0.4, 0.5) is 0 Å². The highest BCUT2D eigenvalue weighted by atomic mass is 16.4. The van der Waals surface area contributed by atoms with Crippen molar-refractivity contribution in [1.29, 1.82) is 0 Å². The predicted molar refractivity (Wildman–Crippen MR) is 174 cm³/mol. The largest absolute Gasteiger partial charge is 0.481 e. The average molecular weight is 579 g/mol. The Labute approximate surface area is 251 Å². The van der Waals surface area contributed by atoms with Crippen LogP contribution < -0.4 is 16.4 Å². The van der Waals surface area contributed by atoms with Gasteiger partial charge >= 0.3 is 11.9 Å². The minimum atomic E-state index is -0.931. The van der Waals surface area contributed by atoms with Crippen LogP contribution in [0.2, 0.25) is 0 Å². The molecule has 2 aliphatic rings. The molecule has 0 unspecified atom stereocenters. The van der Waals surface area contributed by atoms with Crippen LogP contribution in [0, 0.1) is 13.8 Å². The Morgan fingerprint density at radius 3 is 2.16 bits per heavy atom. The van der Waals surface area contributed by atoms with E-state index in [2.05, 4.69) is 29.7 Å². The second-order valence-electron chi connectivity index (χ2n) is 10.8. The molecule has 0 atom stereocenters. The summed E-state index contributed by atoms with van der Waals surface area (Å²) in [6.45, 7) is 20.1. The molecule has 0 aromatic carbocycles. The molecule has 0 amide bonds. The van der Waals surface area contributed by atoms with Gasteiger partial charge in [0, 0.05) is 51.8 Å². The lowest BCUT2D eigenvalue weighted by Crippen LogP contribution is -2.15. The maximum atomic E-state index is 11.6. The lowest BCUT2D eigenvalue weighted by molar-refractivity contribution is -0.138. The fraction of sp³-hybridized carbons (Fsp3) is 0.229. The Morgan fingerprint density at radius 2 is 1.53 bits per heavy atom. The molecule has 0 fully saturated rings. The van der Waals surface area contributed by atoms with Crippen molar-refractivity contribution < 1.29 is 19.8 Å². The highest BCUT2D eigenvalue weighted by Crippen LogP contribution is 2.32. The number of carboxylic acid groups (broad SMARTS) is 2. The summed E-state index contributed by atoms with van der Waals surface area (Å²) in [5.74, 6) is -1.83. The predicted octanol–water partition coefficient (Wildman–Crippen LogP) is 5.23. The number of allylic oxidation sites excluding steroid dienone is 6. The molecule has 6 bridgehead atoms. The van der Waals surface area contributed by atoms with Gasteiger partial charge in [0.1, 0.15) is 0 Å². The number of nitrogens with one attached hydrogen (secondary N) is 2. The third-order valence-electron chi connectivity index (χ3n) is 8.16. The lowest BCUT2D eigenvalue weighted by Gasteiger charge is -2.13. The van der Waals surface area contributed by atoms with Crippen LogP contribution in [0.15, 0.2) is 70.1 Å². The third-order valence-corrected chi connectivity index (χ3v) is 8.16. The molecule has 0 spiro atoms. The van der Waals surface area contributed by atoms with Gasteiger partial charge in [0.25, 0.3) is 0 Å². The summed E-state index contributed by atoms with van der Waals surface area (Å²) >= 11 is 0. The zero-order chi connectivity index (χ0) is 31.6. The summed E-state index contributed by atoms with van der Waals surface area (Å²) in [7, 11) is 0. The van der Waals surface area contributed by atoms with E-state index in [9.17, 15) is 19.8 Å². The molecule has 0 saturated heterocycles. The number of hydrogen-bond donors (Lipinski definition) is 5. The van der Waals surface area contributed by atoms with E-state index >= 15 is 0 Å². The van der Waals surface area contributed by atoms with Gasteiger partial charge in [0.05, 0.1) is 11.4 Å². The first-order chi connectivity index (χ1) is 20.4. The van der Waals surface area contributed by atoms with E-state index in [1.807, 2.05) is 52.0 Å². The lowest BCUT2D eigenvalue weighted by atomic mass is 9.94. The summed E-state index contributed by atoms with van der Waals surface area (Å²) in [5, 5.41) is 20.4.